The molecular formula is C10H13N3. The molecule has 0 unspecified atom stereocenters. The summed E-state index contributed by atoms with van der Waals surface area (Å²) in [5.41, 5.74) is 7.79. The fourth-order valence-corrected chi connectivity index (χ4v) is 1.12. The lowest BCUT2D eigenvalue weighted by Gasteiger charge is -2.02. The zero-order valence-corrected chi connectivity index (χ0v) is 7.75. The first-order valence-electron chi connectivity index (χ1n) is 4.42. The van der Waals surface area contributed by atoms with Crippen molar-refractivity contribution in [1.82, 2.24) is 4.98 Å². The van der Waals surface area contributed by atoms with E-state index in [0.717, 1.165) is 25.0 Å². The summed E-state index contributed by atoms with van der Waals surface area (Å²) in [5, 5.41) is 8.58. The molecule has 0 saturated heterocycles. The van der Waals surface area contributed by atoms with Crippen molar-refractivity contribution in [3.05, 3.63) is 23.5 Å². The lowest BCUT2D eigenvalue weighted by Crippen LogP contribution is -1.98. The van der Waals surface area contributed by atoms with Crippen LogP contribution in [0.15, 0.2) is 12.3 Å². The van der Waals surface area contributed by atoms with Crippen LogP contribution < -0.4 is 5.73 Å². The van der Waals surface area contributed by atoms with Crippen LogP contribution in [0.5, 0.6) is 0 Å². The fraction of sp³-hybridized carbons (Fsp3) is 0.400. The van der Waals surface area contributed by atoms with Gasteiger partial charge in [-0.2, -0.15) is 5.26 Å². The number of nitrogen functional groups attached to an aromatic ring is 1. The Kier molecular flexibility index (Phi) is 3.27. The number of nitrogens with two attached hydrogens (primary N) is 1. The summed E-state index contributed by atoms with van der Waals surface area (Å²) in [6.07, 6.45) is 4.68. The molecule has 0 aliphatic heterocycles. The molecule has 1 aromatic rings. The van der Waals surface area contributed by atoms with E-state index < -0.39 is 0 Å². The maximum atomic E-state index is 8.58. The molecule has 1 aromatic heterocycles. The summed E-state index contributed by atoms with van der Waals surface area (Å²) in [5.74, 6) is 0. The first kappa shape index (κ1) is 9.53. The molecule has 0 atom stereocenters. The van der Waals surface area contributed by atoms with Gasteiger partial charge in [0.05, 0.1) is 16.9 Å². The molecule has 0 aromatic carbocycles. The Labute approximate surface area is 78.2 Å². The first-order valence-corrected chi connectivity index (χ1v) is 4.42. The molecule has 1 rings (SSSR count). The fourth-order valence-electron chi connectivity index (χ4n) is 1.12. The number of aromatic nitrogens is 1. The number of pyridine rings is 1. The van der Waals surface area contributed by atoms with Gasteiger partial charge in [-0.05, 0) is 18.9 Å². The van der Waals surface area contributed by atoms with Crippen molar-refractivity contribution < 1.29 is 0 Å². The van der Waals surface area contributed by atoms with Crippen LogP contribution in [0, 0.1) is 11.3 Å². The minimum absolute atomic E-state index is 0.526. The van der Waals surface area contributed by atoms with Crippen molar-refractivity contribution in [1.29, 1.82) is 5.26 Å². The SMILES string of the molecule is CCCCc1ncc(C#N)cc1N. The van der Waals surface area contributed by atoms with E-state index in [-0.39, 0.29) is 0 Å². The Morgan fingerprint density at radius 1 is 1.62 bits per heavy atom. The van der Waals surface area contributed by atoms with Gasteiger partial charge in [0, 0.05) is 6.20 Å². The highest BCUT2D eigenvalue weighted by Crippen LogP contribution is 2.12. The van der Waals surface area contributed by atoms with Crippen molar-refractivity contribution in [2.45, 2.75) is 26.2 Å². The van der Waals surface area contributed by atoms with Crippen molar-refractivity contribution in [3.8, 4) is 6.07 Å². The van der Waals surface area contributed by atoms with E-state index >= 15 is 0 Å². The van der Waals surface area contributed by atoms with Gasteiger partial charge in [-0.3, -0.25) is 4.98 Å². The summed E-state index contributed by atoms with van der Waals surface area (Å²) in [4.78, 5) is 4.14. The monoisotopic (exact) mass is 175 g/mol. The van der Waals surface area contributed by atoms with Gasteiger partial charge in [-0.1, -0.05) is 13.3 Å². The summed E-state index contributed by atoms with van der Waals surface area (Å²) >= 11 is 0. The number of aryl methyl sites for hydroxylation is 1. The Morgan fingerprint density at radius 2 is 2.38 bits per heavy atom. The predicted octanol–water partition coefficient (Wildman–Crippen LogP) is 1.88. The van der Waals surface area contributed by atoms with Crippen LogP contribution in [0.1, 0.15) is 31.0 Å². The number of hydrogen-bond donors (Lipinski definition) is 1. The van der Waals surface area contributed by atoms with E-state index in [1.165, 1.54) is 0 Å². The Morgan fingerprint density at radius 3 is 2.92 bits per heavy atom. The maximum Gasteiger partial charge on any atom is 0.101 e. The van der Waals surface area contributed by atoms with Gasteiger partial charge in [0.1, 0.15) is 6.07 Å². The van der Waals surface area contributed by atoms with Gasteiger partial charge in [-0.15, -0.1) is 0 Å². The molecule has 0 amide bonds. The predicted molar refractivity (Wildman–Crippen MR) is 52.0 cm³/mol. The average molecular weight is 175 g/mol. The topological polar surface area (TPSA) is 62.7 Å². The number of unbranched alkanes of at least 4 members (excludes halogenated alkanes) is 1. The third-order valence-corrected chi connectivity index (χ3v) is 1.90. The van der Waals surface area contributed by atoms with Crippen molar-refractivity contribution in [2.75, 3.05) is 5.73 Å². The third kappa shape index (κ3) is 2.45. The van der Waals surface area contributed by atoms with Crippen molar-refractivity contribution in [3.63, 3.8) is 0 Å². The molecular weight excluding hydrogens is 162 g/mol. The van der Waals surface area contributed by atoms with Crippen molar-refractivity contribution >= 4 is 5.69 Å². The molecule has 0 spiro atoms. The van der Waals surface area contributed by atoms with Crippen LogP contribution in [-0.2, 0) is 6.42 Å². The van der Waals surface area contributed by atoms with E-state index in [4.69, 9.17) is 11.0 Å². The van der Waals surface area contributed by atoms with Crippen LogP contribution in [0.2, 0.25) is 0 Å². The second kappa shape index (κ2) is 4.46. The van der Waals surface area contributed by atoms with Crippen molar-refractivity contribution in [2.24, 2.45) is 0 Å². The van der Waals surface area contributed by atoms with E-state index in [9.17, 15) is 0 Å². The molecule has 68 valence electrons. The lowest BCUT2D eigenvalue weighted by molar-refractivity contribution is 0.778. The lowest BCUT2D eigenvalue weighted by atomic mass is 10.1. The molecule has 2 N–H and O–H groups in total. The number of rotatable bonds is 3. The first-order chi connectivity index (χ1) is 6.27. The second-order valence-corrected chi connectivity index (χ2v) is 2.98. The summed E-state index contributed by atoms with van der Waals surface area (Å²) < 4.78 is 0. The molecule has 0 aliphatic carbocycles. The minimum Gasteiger partial charge on any atom is -0.397 e. The minimum atomic E-state index is 0.526. The summed E-state index contributed by atoms with van der Waals surface area (Å²) in [6.45, 7) is 2.12. The van der Waals surface area contributed by atoms with E-state index in [0.29, 0.717) is 11.3 Å². The quantitative estimate of drug-likeness (QED) is 0.762. The summed E-state index contributed by atoms with van der Waals surface area (Å²) in [7, 11) is 0. The number of anilines is 1. The number of hydrogen-bond acceptors (Lipinski definition) is 3. The van der Waals surface area contributed by atoms with E-state index in [1.807, 2.05) is 6.07 Å². The van der Waals surface area contributed by atoms with E-state index in [2.05, 4.69) is 11.9 Å². The molecule has 0 bridgehead atoms. The van der Waals surface area contributed by atoms with Gasteiger partial charge < -0.3 is 5.73 Å². The average Bonchev–Trinajstić information content (AvgIpc) is 2.16. The number of nitriles is 1. The smallest absolute Gasteiger partial charge is 0.101 e. The van der Waals surface area contributed by atoms with E-state index in [1.54, 1.807) is 12.3 Å². The molecule has 3 nitrogen and oxygen atoms in total. The second-order valence-electron chi connectivity index (χ2n) is 2.98. The zero-order valence-electron chi connectivity index (χ0n) is 7.75. The normalized spacial score (nSPS) is 9.54. The van der Waals surface area contributed by atoms with Crippen LogP contribution >= 0.6 is 0 Å². The molecule has 0 fully saturated rings. The third-order valence-electron chi connectivity index (χ3n) is 1.90. The van der Waals surface area contributed by atoms with Gasteiger partial charge in [0.15, 0.2) is 0 Å². The van der Waals surface area contributed by atoms with Crippen LogP contribution in [0.4, 0.5) is 5.69 Å². The van der Waals surface area contributed by atoms with Crippen LogP contribution in [-0.4, -0.2) is 4.98 Å². The summed E-state index contributed by atoms with van der Waals surface area (Å²) in [6, 6.07) is 3.69. The Bertz CT molecular complexity index is 325. The highest BCUT2D eigenvalue weighted by molar-refractivity contribution is 5.47. The standard InChI is InChI=1S/C10H13N3/c1-2-3-4-10-9(12)5-8(6-11)7-13-10/h5,7H,2-4,12H2,1H3. The highest BCUT2D eigenvalue weighted by atomic mass is 14.7. The zero-order chi connectivity index (χ0) is 9.68. The van der Waals surface area contributed by atoms with Gasteiger partial charge in [0.2, 0.25) is 0 Å². The molecule has 13 heavy (non-hydrogen) atoms. The Balaban J connectivity index is 2.81. The highest BCUT2D eigenvalue weighted by Gasteiger charge is 2.01. The largest absolute Gasteiger partial charge is 0.397 e. The van der Waals surface area contributed by atoms with Crippen LogP contribution in [0.3, 0.4) is 0 Å². The number of nitrogens with zero attached hydrogens (tertiary/aromatic N) is 2. The molecule has 0 saturated carbocycles. The van der Waals surface area contributed by atoms with Crippen LogP contribution in [0.25, 0.3) is 0 Å². The van der Waals surface area contributed by atoms with Gasteiger partial charge in [0.25, 0.3) is 0 Å². The molecule has 0 radical (unpaired) electrons. The molecule has 3 heteroatoms. The Hall–Kier alpha value is -1.56. The molecule has 1 heterocycles. The van der Waals surface area contributed by atoms with Gasteiger partial charge in [-0.25, -0.2) is 0 Å². The van der Waals surface area contributed by atoms with Gasteiger partial charge >= 0.3 is 0 Å². The maximum absolute atomic E-state index is 8.58. The molecule has 0 aliphatic rings.